The van der Waals surface area contributed by atoms with Crippen molar-refractivity contribution in [2.45, 2.75) is 25.4 Å². The third kappa shape index (κ3) is 3.32. The zero-order valence-electron chi connectivity index (χ0n) is 10.5. The Morgan fingerprint density at radius 1 is 1.21 bits per heavy atom. The molecule has 19 heavy (non-hydrogen) atoms. The number of carbonyl (C=O) groups excluding carboxylic acids is 1. The zero-order valence-corrected chi connectivity index (χ0v) is 10.5. The van der Waals surface area contributed by atoms with Crippen LogP contribution in [0.2, 0.25) is 0 Å². The van der Waals surface area contributed by atoms with Gasteiger partial charge >= 0.3 is 5.97 Å². The molecule has 5 nitrogen and oxygen atoms in total. The first kappa shape index (κ1) is 13.5. The molecule has 0 radical (unpaired) electrons. The molecule has 0 bridgehead atoms. The van der Waals surface area contributed by atoms with Crippen LogP contribution in [0.4, 0.5) is 0 Å². The molecule has 2 unspecified atom stereocenters. The quantitative estimate of drug-likeness (QED) is 0.763. The molecule has 3 N–H and O–H groups in total. The Bertz CT molecular complexity index is 486. The van der Waals surface area contributed by atoms with Gasteiger partial charge in [0.25, 0.3) is 5.91 Å². The smallest absolute Gasteiger partial charge is 0.336 e. The fraction of sp³-hybridized carbons (Fsp3) is 0.429. The Balaban J connectivity index is 1.98. The minimum absolute atomic E-state index is 0.00598. The van der Waals surface area contributed by atoms with E-state index in [0.29, 0.717) is 13.0 Å². The maximum absolute atomic E-state index is 12.0. The number of aromatic carboxylic acids is 1. The predicted molar refractivity (Wildman–Crippen MR) is 69.1 cm³/mol. The summed E-state index contributed by atoms with van der Waals surface area (Å²) in [4.78, 5) is 23.0. The van der Waals surface area contributed by atoms with Crippen LogP contribution in [0.3, 0.4) is 0 Å². The van der Waals surface area contributed by atoms with Crippen molar-refractivity contribution in [2.24, 2.45) is 5.92 Å². The van der Waals surface area contributed by atoms with E-state index >= 15 is 0 Å². The fourth-order valence-electron chi connectivity index (χ4n) is 2.43. The lowest BCUT2D eigenvalue weighted by molar-refractivity contribution is 0.0691. The van der Waals surface area contributed by atoms with Crippen LogP contribution in [-0.2, 0) is 0 Å². The number of benzene rings is 1. The number of amides is 1. The van der Waals surface area contributed by atoms with Crippen molar-refractivity contribution < 1.29 is 19.8 Å². The lowest BCUT2D eigenvalue weighted by Crippen LogP contribution is -2.29. The van der Waals surface area contributed by atoms with Crippen LogP contribution in [-0.4, -0.2) is 34.7 Å². The molecule has 0 heterocycles. The molecule has 0 saturated heterocycles. The van der Waals surface area contributed by atoms with E-state index in [-0.39, 0.29) is 29.1 Å². The summed E-state index contributed by atoms with van der Waals surface area (Å²) in [5.41, 5.74) is 0.181. The minimum atomic E-state index is -1.11. The molecule has 2 atom stereocenters. The molecule has 1 fully saturated rings. The first-order valence-electron chi connectivity index (χ1n) is 6.36. The van der Waals surface area contributed by atoms with Crippen LogP contribution in [0.15, 0.2) is 24.3 Å². The largest absolute Gasteiger partial charge is 0.478 e. The summed E-state index contributed by atoms with van der Waals surface area (Å²) in [6, 6.07) is 6.15. The van der Waals surface area contributed by atoms with Crippen molar-refractivity contribution in [1.29, 1.82) is 0 Å². The minimum Gasteiger partial charge on any atom is -0.478 e. The van der Waals surface area contributed by atoms with E-state index in [1.165, 1.54) is 12.1 Å². The summed E-state index contributed by atoms with van der Waals surface area (Å²) in [7, 11) is 0. The van der Waals surface area contributed by atoms with Gasteiger partial charge in [0.15, 0.2) is 0 Å². The van der Waals surface area contributed by atoms with Gasteiger partial charge in [-0.1, -0.05) is 12.1 Å². The van der Waals surface area contributed by atoms with Crippen molar-refractivity contribution in [3.8, 4) is 0 Å². The molecule has 1 amide bonds. The van der Waals surface area contributed by atoms with Crippen LogP contribution in [0.1, 0.15) is 40.0 Å². The fourth-order valence-corrected chi connectivity index (χ4v) is 2.43. The number of carboxylic acids is 1. The Labute approximate surface area is 111 Å². The van der Waals surface area contributed by atoms with Gasteiger partial charge in [0.05, 0.1) is 17.2 Å². The molecule has 0 aliphatic heterocycles. The summed E-state index contributed by atoms with van der Waals surface area (Å²) in [6.45, 7) is 0.476. The van der Waals surface area contributed by atoms with E-state index in [1.54, 1.807) is 12.1 Å². The monoisotopic (exact) mass is 263 g/mol. The van der Waals surface area contributed by atoms with Crippen LogP contribution in [0.5, 0.6) is 0 Å². The molecular weight excluding hydrogens is 246 g/mol. The first-order valence-corrected chi connectivity index (χ1v) is 6.36. The van der Waals surface area contributed by atoms with Crippen molar-refractivity contribution in [3.63, 3.8) is 0 Å². The molecule has 5 heteroatoms. The van der Waals surface area contributed by atoms with Gasteiger partial charge in [0.2, 0.25) is 0 Å². The van der Waals surface area contributed by atoms with Crippen LogP contribution in [0, 0.1) is 5.92 Å². The van der Waals surface area contributed by atoms with Crippen LogP contribution < -0.4 is 5.32 Å². The van der Waals surface area contributed by atoms with E-state index in [0.717, 1.165) is 12.8 Å². The predicted octanol–water partition coefficient (Wildman–Crippen LogP) is 1.28. The third-order valence-electron chi connectivity index (χ3n) is 3.47. The zero-order chi connectivity index (χ0) is 13.8. The SMILES string of the molecule is O=C(O)c1ccccc1C(=O)NCC1CCC(O)C1. The maximum atomic E-state index is 12.0. The average molecular weight is 263 g/mol. The molecule has 2 rings (SSSR count). The molecule has 1 aliphatic carbocycles. The summed E-state index contributed by atoms with van der Waals surface area (Å²) in [5, 5.41) is 21.2. The number of hydrogen-bond donors (Lipinski definition) is 3. The van der Waals surface area contributed by atoms with E-state index < -0.39 is 5.97 Å². The van der Waals surface area contributed by atoms with E-state index in [9.17, 15) is 14.7 Å². The lowest BCUT2D eigenvalue weighted by atomic mass is 10.1. The standard InChI is InChI=1S/C14H17NO4/c16-10-6-5-9(7-10)8-15-13(17)11-3-1-2-4-12(11)14(18)19/h1-4,9-10,16H,5-8H2,(H,15,17)(H,18,19). The first-order chi connectivity index (χ1) is 9.08. The number of aliphatic hydroxyl groups is 1. The molecular formula is C14H17NO4. The molecule has 102 valence electrons. The Kier molecular flexibility index (Phi) is 4.16. The number of rotatable bonds is 4. The number of carboxylic acid groups (broad SMARTS) is 1. The van der Waals surface area contributed by atoms with Crippen LogP contribution in [0.25, 0.3) is 0 Å². The van der Waals surface area contributed by atoms with Gasteiger partial charge in [0, 0.05) is 6.54 Å². The van der Waals surface area contributed by atoms with Gasteiger partial charge in [-0.3, -0.25) is 4.79 Å². The average Bonchev–Trinajstić information content (AvgIpc) is 2.81. The number of hydrogen-bond acceptors (Lipinski definition) is 3. The number of nitrogens with one attached hydrogen (secondary N) is 1. The molecule has 0 spiro atoms. The second-order valence-electron chi connectivity index (χ2n) is 4.89. The second-order valence-corrected chi connectivity index (χ2v) is 4.89. The molecule has 0 aromatic heterocycles. The highest BCUT2D eigenvalue weighted by molar-refractivity contribution is 6.04. The Morgan fingerprint density at radius 3 is 2.47 bits per heavy atom. The highest BCUT2D eigenvalue weighted by Crippen LogP contribution is 2.24. The van der Waals surface area contributed by atoms with Gasteiger partial charge < -0.3 is 15.5 Å². The van der Waals surface area contributed by atoms with E-state index in [4.69, 9.17) is 5.11 Å². The summed E-state index contributed by atoms with van der Waals surface area (Å²) >= 11 is 0. The van der Waals surface area contributed by atoms with Crippen molar-refractivity contribution >= 4 is 11.9 Å². The summed E-state index contributed by atoms with van der Waals surface area (Å²) < 4.78 is 0. The number of carbonyl (C=O) groups is 2. The molecule has 1 aromatic rings. The highest BCUT2D eigenvalue weighted by Gasteiger charge is 2.23. The van der Waals surface area contributed by atoms with Gasteiger partial charge in [-0.05, 0) is 37.3 Å². The van der Waals surface area contributed by atoms with Crippen molar-refractivity contribution in [2.75, 3.05) is 6.54 Å². The molecule has 1 aliphatic rings. The molecule has 1 saturated carbocycles. The summed E-state index contributed by atoms with van der Waals surface area (Å²) in [6.07, 6.45) is 2.09. The second kappa shape index (κ2) is 5.84. The van der Waals surface area contributed by atoms with E-state index in [1.807, 2.05) is 0 Å². The van der Waals surface area contributed by atoms with Gasteiger partial charge in [-0.25, -0.2) is 4.79 Å². The summed E-state index contributed by atoms with van der Waals surface area (Å²) in [5.74, 6) is -1.21. The van der Waals surface area contributed by atoms with Crippen molar-refractivity contribution in [3.05, 3.63) is 35.4 Å². The normalized spacial score (nSPS) is 22.2. The lowest BCUT2D eigenvalue weighted by Gasteiger charge is -2.12. The Hall–Kier alpha value is -1.88. The molecule has 1 aromatic carbocycles. The van der Waals surface area contributed by atoms with Gasteiger partial charge in [-0.15, -0.1) is 0 Å². The van der Waals surface area contributed by atoms with Gasteiger partial charge in [-0.2, -0.15) is 0 Å². The van der Waals surface area contributed by atoms with E-state index in [2.05, 4.69) is 5.32 Å². The van der Waals surface area contributed by atoms with Crippen molar-refractivity contribution in [1.82, 2.24) is 5.32 Å². The Morgan fingerprint density at radius 2 is 1.89 bits per heavy atom. The number of aliphatic hydroxyl groups excluding tert-OH is 1. The van der Waals surface area contributed by atoms with Gasteiger partial charge in [0.1, 0.15) is 0 Å². The third-order valence-corrected chi connectivity index (χ3v) is 3.47. The maximum Gasteiger partial charge on any atom is 0.336 e. The van der Waals surface area contributed by atoms with Crippen LogP contribution >= 0.6 is 0 Å². The highest BCUT2D eigenvalue weighted by atomic mass is 16.4. The topological polar surface area (TPSA) is 86.6 Å².